The third-order valence-electron chi connectivity index (χ3n) is 5.59. The lowest BCUT2D eigenvalue weighted by Gasteiger charge is -2.31. The average Bonchev–Trinajstić information content (AvgIpc) is 3.27. The number of carbonyl (C=O) groups excluding carboxylic acids is 1. The molecule has 1 fully saturated rings. The summed E-state index contributed by atoms with van der Waals surface area (Å²) < 4.78 is 6.83. The maximum absolute atomic E-state index is 12.7. The van der Waals surface area contributed by atoms with E-state index in [9.17, 15) is 9.59 Å². The van der Waals surface area contributed by atoms with Crippen LogP contribution in [0.25, 0.3) is 11.1 Å². The van der Waals surface area contributed by atoms with Gasteiger partial charge in [-0.1, -0.05) is 48.7 Å². The number of oxazole rings is 1. The van der Waals surface area contributed by atoms with Crippen LogP contribution in [0.2, 0.25) is 5.02 Å². The first-order valence-corrected chi connectivity index (χ1v) is 10.1. The molecule has 0 bridgehead atoms. The molecule has 2 aromatic carbocycles. The zero-order valence-corrected chi connectivity index (χ0v) is 16.4. The number of fused-ring (bicyclic) bond motifs is 1. The second-order valence-corrected chi connectivity index (χ2v) is 7.87. The smallest absolute Gasteiger partial charge is 0.408 e. The van der Waals surface area contributed by atoms with E-state index in [4.69, 9.17) is 16.0 Å². The van der Waals surface area contributed by atoms with Crippen molar-refractivity contribution in [2.45, 2.75) is 50.6 Å². The zero-order valence-electron chi connectivity index (χ0n) is 15.6. The molecule has 28 heavy (non-hydrogen) atoms. The first-order valence-electron chi connectivity index (χ1n) is 9.73. The van der Waals surface area contributed by atoms with E-state index >= 15 is 0 Å². The number of hydrogen-bond donors (Lipinski definition) is 1. The molecule has 0 radical (unpaired) electrons. The third-order valence-corrected chi connectivity index (χ3v) is 5.84. The summed E-state index contributed by atoms with van der Waals surface area (Å²) in [5.41, 5.74) is 2.15. The van der Waals surface area contributed by atoms with Crippen LogP contribution in [0.3, 0.4) is 0 Å². The Morgan fingerprint density at radius 1 is 1.11 bits per heavy atom. The maximum Gasteiger partial charge on any atom is 0.419 e. The van der Waals surface area contributed by atoms with Gasteiger partial charge in [-0.15, -0.1) is 0 Å². The van der Waals surface area contributed by atoms with Crippen molar-refractivity contribution in [2.75, 3.05) is 0 Å². The molecule has 5 nitrogen and oxygen atoms in total. The first kappa shape index (κ1) is 18.8. The van der Waals surface area contributed by atoms with Crippen molar-refractivity contribution < 1.29 is 9.21 Å². The Hall–Kier alpha value is -2.53. The van der Waals surface area contributed by atoms with E-state index in [2.05, 4.69) is 5.32 Å². The van der Waals surface area contributed by atoms with Gasteiger partial charge in [-0.05, 0) is 49.1 Å². The van der Waals surface area contributed by atoms with Gasteiger partial charge in [0.25, 0.3) is 0 Å². The van der Waals surface area contributed by atoms with Crippen molar-refractivity contribution in [3.8, 4) is 0 Å². The normalized spacial score (nSPS) is 15.8. The SMILES string of the molecule is O=C(CCCn1c(=O)oc2ccccc21)NC1(c2ccc(Cl)cc2)CCCC1. The van der Waals surface area contributed by atoms with Gasteiger partial charge in [0.05, 0.1) is 11.1 Å². The van der Waals surface area contributed by atoms with Crippen molar-refractivity contribution in [3.63, 3.8) is 0 Å². The van der Waals surface area contributed by atoms with E-state index in [0.717, 1.165) is 36.8 Å². The monoisotopic (exact) mass is 398 g/mol. The molecule has 1 heterocycles. The van der Waals surface area contributed by atoms with Crippen molar-refractivity contribution >= 4 is 28.6 Å². The molecule has 3 aromatic rings. The van der Waals surface area contributed by atoms with Crippen LogP contribution >= 0.6 is 11.6 Å². The molecule has 0 unspecified atom stereocenters. The van der Waals surface area contributed by atoms with Gasteiger partial charge in [-0.25, -0.2) is 4.79 Å². The van der Waals surface area contributed by atoms with Gasteiger partial charge in [-0.2, -0.15) is 0 Å². The number of carbonyl (C=O) groups is 1. The number of nitrogens with one attached hydrogen (secondary N) is 1. The Morgan fingerprint density at radius 2 is 1.82 bits per heavy atom. The van der Waals surface area contributed by atoms with Crippen LogP contribution in [0.15, 0.2) is 57.7 Å². The molecule has 1 amide bonds. The summed E-state index contributed by atoms with van der Waals surface area (Å²) in [6, 6.07) is 15.1. The van der Waals surface area contributed by atoms with E-state index in [-0.39, 0.29) is 17.2 Å². The van der Waals surface area contributed by atoms with Crippen LogP contribution in [0.5, 0.6) is 0 Å². The Bertz CT molecular complexity index is 1030. The van der Waals surface area contributed by atoms with Crippen LogP contribution in [-0.2, 0) is 16.9 Å². The van der Waals surface area contributed by atoms with Crippen molar-refractivity contribution in [1.29, 1.82) is 0 Å². The second-order valence-electron chi connectivity index (χ2n) is 7.44. The van der Waals surface area contributed by atoms with Crippen molar-refractivity contribution in [1.82, 2.24) is 9.88 Å². The number of halogens is 1. The van der Waals surface area contributed by atoms with Crippen molar-refractivity contribution in [3.05, 3.63) is 69.7 Å². The van der Waals surface area contributed by atoms with Crippen LogP contribution in [0.1, 0.15) is 44.1 Å². The molecule has 1 N–H and O–H groups in total. The topological polar surface area (TPSA) is 64.2 Å². The van der Waals surface area contributed by atoms with E-state index in [0.29, 0.717) is 30.0 Å². The molecule has 1 aromatic heterocycles. The second kappa shape index (κ2) is 7.84. The first-order chi connectivity index (χ1) is 13.6. The molecular weight excluding hydrogens is 376 g/mol. The molecule has 146 valence electrons. The lowest BCUT2D eigenvalue weighted by Crippen LogP contribution is -2.43. The van der Waals surface area contributed by atoms with E-state index < -0.39 is 0 Å². The Kier molecular flexibility index (Phi) is 5.27. The fraction of sp³-hybridized carbons (Fsp3) is 0.364. The van der Waals surface area contributed by atoms with Crippen LogP contribution in [-0.4, -0.2) is 10.5 Å². The molecular formula is C22H23ClN2O3. The molecule has 0 saturated heterocycles. The Morgan fingerprint density at radius 3 is 2.57 bits per heavy atom. The van der Waals surface area contributed by atoms with Gasteiger partial charge in [0.15, 0.2) is 5.58 Å². The summed E-state index contributed by atoms with van der Waals surface area (Å²) in [5, 5.41) is 3.96. The number of para-hydroxylation sites is 2. The summed E-state index contributed by atoms with van der Waals surface area (Å²) in [4.78, 5) is 24.7. The summed E-state index contributed by atoms with van der Waals surface area (Å²) >= 11 is 6.02. The maximum atomic E-state index is 12.7. The van der Waals surface area contributed by atoms with E-state index in [1.807, 2.05) is 42.5 Å². The molecule has 1 aliphatic carbocycles. The van der Waals surface area contributed by atoms with Crippen LogP contribution in [0.4, 0.5) is 0 Å². The highest BCUT2D eigenvalue weighted by atomic mass is 35.5. The molecule has 1 saturated carbocycles. The number of hydrogen-bond acceptors (Lipinski definition) is 3. The van der Waals surface area contributed by atoms with Crippen molar-refractivity contribution in [2.24, 2.45) is 0 Å². The summed E-state index contributed by atoms with van der Waals surface area (Å²) in [6.07, 6.45) is 5.00. The van der Waals surface area contributed by atoms with E-state index in [1.165, 1.54) is 0 Å². The van der Waals surface area contributed by atoms with Crippen LogP contribution < -0.4 is 11.1 Å². The molecule has 0 aliphatic heterocycles. The average molecular weight is 399 g/mol. The molecule has 6 heteroatoms. The van der Waals surface area contributed by atoms with Gasteiger partial charge in [0, 0.05) is 18.0 Å². The third kappa shape index (κ3) is 3.72. The Balaban J connectivity index is 1.41. The lowest BCUT2D eigenvalue weighted by molar-refractivity contribution is -0.123. The summed E-state index contributed by atoms with van der Waals surface area (Å²) in [7, 11) is 0. The number of benzene rings is 2. The molecule has 0 spiro atoms. The minimum Gasteiger partial charge on any atom is -0.408 e. The van der Waals surface area contributed by atoms with Gasteiger partial charge in [0.2, 0.25) is 5.91 Å². The molecule has 0 atom stereocenters. The minimum absolute atomic E-state index is 0.0118. The summed E-state index contributed by atoms with van der Waals surface area (Å²) in [6.45, 7) is 0.456. The zero-order chi connectivity index (χ0) is 19.6. The van der Waals surface area contributed by atoms with E-state index in [1.54, 1.807) is 10.6 Å². The minimum atomic E-state index is -0.380. The van der Waals surface area contributed by atoms with Crippen LogP contribution in [0, 0.1) is 0 Å². The van der Waals surface area contributed by atoms with Gasteiger partial charge >= 0.3 is 5.76 Å². The quantitative estimate of drug-likeness (QED) is 0.659. The fourth-order valence-electron chi connectivity index (χ4n) is 4.19. The predicted octanol–water partition coefficient (Wildman–Crippen LogP) is 4.61. The highest BCUT2D eigenvalue weighted by molar-refractivity contribution is 6.30. The Labute approximate surface area is 168 Å². The fourth-order valence-corrected chi connectivity index (χ4v) is 4.31. The summed E-state index contributed by atoms with van der Waals surface area (Å²) in [5.74, 6) is -0.368. The number of rotatable bonds is 6. The largest absolute Gasteiger partial charge is 0.419 e. The number of amides is 1. The number of aromatic nitrogens is 1. The lowest BCUT2D eigenvalue weighted by atomic mass is 9.88. The van der Waals surface area contributed by atoms with Gasteiger partial charge in [-0.3, -0.25) is 9.36 Å². The highest BCUT2D eigenvalue weighted by Gasteiger charge is 2.36. The highest BCUT2D eigenvalue weighted by Crippen LogP contribution is 2.39. The standard InChI is InChI=1S/C22H23ClN2O3/c23-17-11-9-16(10-12-17)22(13-3-4-14-22)24-20(26)8-5-15-25-18-6-1-2-7-19(18)28-21(25)27/h1-2,6-7,9-12H,3-5,8,13-15H2,(H,24,26). The van der Waals surface area contributed by atoms with Gasteiger partial charge < -0.3 is 9.73 Å². The predicted molar refractivity (Wildman–Crippen MR) is 109 cm³/mol. The number of aryl methyl sites for hydroxylation is 1. The molecule has 1 aliphatic rings. The van der Waals surface area contributed by atoms with Gasteiger partial charge in [0.1, 0.15) is 0 Å². The molecule has 4 rings (SSSR count). The number of nitrogens with zero attached hydrogens (tertiary/aromatic N) is 1.